The fourth-order valence-electron chi connectivity index (χ4n) is 3.46. The standard InChI is InChI=1S/C21H27N3O5/c1-5-29-19-12-18(25)20(21(26)23-8-6-7-14(2)13-23)22-24(19)15-9-16(27-3)11-17(10-15)28-4/h9-12,14H,5-8,13H2,1-4H3/t14-/m0/s1. The first-order valence-corrected chi connectivity index (χ1v) is 9.76. The molecule has 0 spiro atoms. The fraction of sp³-hybridized carbons (Fsp3) is 0.476. The number of ether oxygens (including phenoxy) is 3. The number of hydrogen-bond donors (Lipinski definition) is 0. The maximum Gasteiger partial charge on any atom is 0.278 e. The summed E-state index contributed by atoms with van der Waals surface area (Å²) in [4.78, 5) is 27.4. The van der Waals surface area contributed by atoms with Crippen molar-refractivity contribution >= 4 is 5.91 Å². The van der Waals surface area contributed by atoms with E-state index in [9.17, 15) is 9.59 Å². The summed E-state index contributed by atoms with van der Waals surface area (Å²) < 4.78 is 17.7. The van der Waals surface area contributed by atoms with Gasteiger partial charge in [-0.3, -0.25) is 9.59 Å². The summed E-state index contributed by atoms with van der Waals surface area (Å²) in [5.41, 5.74) is -0.0159. The summed E-state index contributed by atoms with van der Waals surface area (Å²) >= 11 is 0. The van der Waals surface area contributed by atoms with Gasteiger partial charge in [-0.25, -0.2) is 0 Å². The molecule has 1 aromatic heterocycles. The van der Waals surface area contributed by atoms with Gasteiger partial charge in [0.25, 0.3) is 5.91 Å². The molecule has 0 aliphatic carbocycles. The lowest BCUT2D eigenvalue weighted by Crippen LogP contribution is -2.41. The molecule has 1 fully saturated rings. The minimum atomic E-state index is -0.456. The molecule has 156 valence electrons. The van der Waals surface area contributed by atoms with E-state index in [0.29, 0.717) is 42.8 Å². The third kappa shape index (κ3) is 4.52. The average molecular weight is 401 g/mol. The minimum Gasteiger partial charge on any atom is -0.497 e. The van der Waals surface area contributed by atoms with Crippen molar-refractivity contribution in [2.75, 3.05) is 33.9 Å². The number of aromatic nitrogens is 2. The Hall–Kier alpha value is -3.03. The maximum absolute atomic E-state index is 13.0. The molecular weight excluding hydrogens is 374 g/mol. The van der Waals surface area contributed by atoms with E-state index in [-0.39, 0.29) is 17.5 Å². The van der Waals surface area contributed by atoms with Crippen LogP contribution in [0.15, 0.2) is 29.1 Å². The van der Waals surface area contributed by atoms with Crippen molar-refractivity contribution in [2.45, 2.75) is 26.7 Å². The van der Waals surface area contributed by atoms with Crippen molar-refractivity contribution in [3.8, 4) is 23.1 Å². The van der Waals surface area contributed by atoms with Crippen LogP contribution in [-0.4, -0.2) is 54.5 Å². The summed E-state index contributed by atoms with van der Waals surface area (Å²) in [6.45, 7) is 5.52. The van der Waals surface area contributed by atoms with Gasteiger partial charge in [-0.05, 0) is 25.7 Å². The monoisotopic (exact) mass is 401 g/mol. The van der Waals surface area contributed by atoms with Crippen LogP contribution in [0, 0.1) is 5.92 Å². The number of piperidine rings is 1. The Morgan fingerprint density at radius 1 is 1.17 bits per heavy atom. The van der Waals surface area contributed by atoms with Crippen molar-refractivity contribution in [2.24, 2.45) is 5.92 Å². The highest BCUT2D eigenvalue weighted by atomic mass is 16.5. The molecule has 1 atom stereocenters. The molecular formula is C21H27N3O5. The largest absolute Gasteiger partial charge is 0.497 e. The summed E-state index contributed by atoms with van der Waals surface area (Å²) in [7, 11) is 3.10. The van der Waals surface area contributed by atoms with Crippen LogP contribution < -0.4 is 19.6 Å². The molecule has 0 saturated carbocycles. The Labute approximate surface area is 170 Å². The lowest BCUT2D eigenvalue weighted by atomic mass is 10.00. The van der Waals surface area contributed by atoms with Crippen LogP contribution in [0.4, 0.5) is 0 Å². The number of likely N-dealkylation sites (tertiary alicyclic amines) is 1. The van der Waals surface area contributed by atoms with Gasteiger partial charge in [0.2, 0.25) is 11.3 Å². The van der Waals surface area contributed by atoms with Crippen LogP contribution in [0.3, 0.4) is 0 Å². The van der Waals surface area contributed by atoms with Crippen molar-refractivity contribution in [3.05, 3.63) is 40.2 Å². The van der Waals surface area contributed by atoms with Gasteiger partial charge in [0.1, 0.15) is 11.5 Å². The zero-order valence-corrected chi connectivity index (χ0v) is 17.3. The van der Waals surface area contributed by atoms with Gasteiger partial charge >= 0.3 is 0 Å². The number of carbonyl (C=O) groups excluding carboxylic acids is 1. The predicted octanol–water partition coefficient (Wildman–Crippen LogP) is 2.52. The van der Waals surface area contributed by atoms with Crippen molar-refractivity contribution in [1.82, 2.24) is 14.7 Å². The normalized spacial score (nSPS) is 16.4. The fourth-order valence-corrected chi connectivity index (χ4v) is 3.46. The van der Waals surface area contributed by atoms with Crippen LogP contribution in [0.25, 0.3) is 5.69 Å². The van der Waals surface area contributed by atoms with Crippen molar-refractivity contribution in [3.63, 3.8) is 0 Å². The molecule has 1 aliphatic heterocycles. The summed E-state index contributed by atoms with van der Waals surface area (Å²) in [6.07, 6.45) is 2.00. The van der Waals surface area contributed by atoms with Gasteiger partial charge in [0.15, 0.2) is 5.69 Å². The summed E-state index contributed by atoms with van der Waals surface area (Å²) in [5.74, 6) is 1.41. The third-order valence-corrected chi connectivity index (χ3v) is 4.92. The zero-order chi connectivity index (χ0) is 21.0. The van der Waals surface area contributed by atoms with E-state index < -0.39 is 5.43 Å². The van der Waals surface area contributed by atoms with Gasteiger partial charge < -0.3 is 19.1 Å². The lowest BCUT2D eigenvalue weighted by Gasteiger charge is -2.30. The first-order chi connectivity index (χ1) is 14.0. The first-order valence-electron chi connectivity index (χ1n) is 9.76. The van der Waals surface area contributed by atoms with E-state index >= 15 is 0 Å². The molecule has 0 bridgehead atoms. The van der Waals surface area contributed by atoms with E-state index in [1.807, 2.05) is 6.92 Å². The minimum absolute atomic E-state index is 0.121. The Kier molecular flexibility index (Phi) is 6.41. The predicted molar refractivity (Wildman–Crippen MR) is 108 cm³/mol. The van der Waals surface area contributed by atoms with Crippen LogP contribution in [0.5, 0.6) is 17.4 Å². The van der Waals surface area contributed by atoms with Gasteiger partial charge in [0.05, 0.1) is 32.6 Å². The van der Waals surface area contributed by atoms with E-state index in [1.165, 1.54) is 10.7 Å². The second kappa shape index (κ2) is 8.98. The molecule has 29 heavy (non-hydrogen) atoms. The molecule has 1 aromatic carbocycles. The average Bonchev–Trinajstić information content (AvgIpc) is 2.73. The highest BCUT2D eigenvalue weighted by molar-refractivity contribution is 5.92. The SMILES string of the molecule is CCOc1cc(=O)c(C(=O)N2CCC[C@H](C)C2)nn1-c1cc(OC)cc(OC)c1. The molecule has 1 amide bonds. The molecule has 1 aliphatic rings. The van der Waals surface area contributed by atoms with Crippen LogP contribution in [-0.2, 0) is 0 Å². The number of benzene rings is 1. The third-order valence-electron chi connectivity index (χ3n) is 4.92. The van der Waals surface area contributed by atoms with E-state index in [0.717, 1.165) is 12.8 Å². The highest BCUT2D eigenvalue weighted by Crippen LogP contribution is 2.27. The summed E-state index contributed by atoms with van der Waals surface area (Å²) in [6, 6.07) is 6.51. The number of amides is 1. The van der Waals surface area contributed by atoms with E-state index in [4.69, 9.17) is 14.2 Å². The Bertz CT molecular complexity index is 918. The summed E-state index contributed by atoms with van der Waals surface area (Å²) in [5, 5.41) is 4.39. The van der Waals surface area contributed by atoms with Crippen molar-refractivity contribution < 1.29 is 19.0 Å². The quantitative estimate of drug-likeness (QED) is 0.740. The first kappa shape index (κ1) is 20.7. The van der Waals surface area contributed by atoms with Crippen LogP contribution >= 0.6 is 0 Å². The maximum atomic E-state index is 13.0. The number of hydrogen-bond acceptors (Lipinski definition) is 6. The zero-order valence-electron chi connectivity index (χ0n) is 17.3. The van der Waals surface area contributed by atoms with Gasteiger partial charge in [0, 0.05) is 31.3 Å². The lowest BCUT2D eigenvalue weighted by molar-refractivity contribution is 0.0673. The molecule has 2 aromatic rings. The molecule has 8 heteroatoms. The molecule has 8 nitrogen and oxygen atoms in total. The Morgan fingerprint density at radius 2 is 1.86 bits per heavy atom. The van der Waals surface area contributed by atoms with Gasteiger partial charge in [-0.2, -0.15) is 9.78 Å². The van der Waals surface area contributed by atoms with Crippen molar-refractivity contribution in [1.29, 1.82) is 0 Å². The molecule has 1 saturated heterocycles. The van der Waals surface area contributed by atoms with Crippen LogP contribution in [0.1, 0.15) is 37.2 Å². The van der Waals surface area contributed by atoms with Gasteiger partial charge in [-0.1, -0.05) is 6.92 Å². The number of methoxy groups -OCH3 is 2. The molecule has 0 N–H and O–H groups in total. The topological polar surface area (TPSA) is 82.9 Å². The molecule has 2 heterocycles. The number of nitrogens with zero attached hydrogens (tertiary/aromatic N) is 3. The second-order valence-corrected chi connectivity index (χ2v) is 7.11. The number of carbonyl (C=O) groups is 1. The molecule has 3 rings (SSSR count). The number of rotatable bonds is 6. The van der Waals surface area contributed by atoms with E-state index in [1.54, 1.807) is 37.3 Å². The molecule has 0 radical (unpaired) electrons. The Morgan fingerprint density at radius 3 is 2.45 bits per heavy atom. The Balaban J connectivity index is 2.10. The van der Waals surface area contributed by atoms with E-state index in [2.05, 4.69) is 12.0 Å². The highest BCUT2D eigenvalue weighted by Gasteiger charge is 2.26. The van der Waals surface area contributed by atoms with Crippen LogP contribution in [0.2, 0.25) is 0 Å². The smallest absolute Gasteiger partial charge is 0.278 e. The molecule has 0 unspecified atom stereocenters. The second-order valence-electron chi connectivity index (χ2n) is 7.11. The van der Waals surface area contributed by atoms with Gasteiger partial charge in [-0.15, -0.1) is 0 Å².